The fraction of sp³-hybridized carbons (Fsp3) is 0.571. The number of sulfonamides is 1. The van der Waals surface area contributed by atoms with E-state index in [4.69, 9.17) is 0 Å². The molecular formula is C14H19BrFNO2S. The number of alkyl halides is 1. The SMILES string of the molecule is Cc1cc(F)ccc1S(=O)(=O)N1CCCC(CCBr)C1. The summed E-state index contributed by atoms with van der Waals surface area (Å²) < 4.78 is 40.0. The Hall–Kier alpha value is -0.460. The molecule has 0 amide bonds. The van der Waals surface area contributed by atoms with E-state index in [2.05, 4.69) is 15.9 Å². The second kappa shape index (κ2) is 6.54. The Morgan fingerprint density at radius 2 is 2.20 bits per heavy atom. The van der Waals surface area contributed by atoms with Crippen molar-refractivity contribution in [1.82, 2.24) is 4.31 Å². The first-order valence-electron chi connectivity index (χ1n) is 6.77. The van der Waals surface area contributed by atoms with Gasteiger partial charge in [-0.15, -0.1) is 0 Å². The Bertz CT molecular complexity index is 575. The van der Waals surface area contributed by atoms with E-state index >= 15 is 0 Å². The van der Waals surface area contributed by atoms with Crippen molar-refractivity contribution in [2.75, 3.05) is 18.4 Å². The van der Waals surface area contributed by atoms with Crippen LogP contribution in [0.3, 0.4) is 0 Å². The molecule has 112 valence electrons. The van der Waals surface area contributed by atoms with Gasteiger partial charge in [-0.1, -0.05) is 15.9 Å². The molecule has 0 bridgehead atoms. The highest BCUT2D eigenvalue weighted by Gasteiger charge is 2.30. The summed E-state index contributed by atoms with van der Waals surface area (Å²) in [5.41, 5.74) is 0.465. The van der Waals surface area contributed by atoms with Crippen molar-refractivity contribution in [3.63, 3.8) is 0 Å². The zero-order valence-electron chi connectivity index (χ0n) is 11.5. The quantitative estimate of drug-likeness (QED) is 0.769. The van der Waals surface area contributed by atoms with Crippen molar-refractivity contribution >= 4 is 26.0 Å². The summed E-state index contributed by atoms with van der Waals surface area (Å²) >= 11 is 3.41. The van der Waals surface area contributed by atoms with Gasteiger partial charge in [-0.2, -0.15) is 4.31 Å². The Labute approximate surface area is 128 Å². The van der Waals surface area contributed by atoms with E-state index in [1.54, 1.807) is 11.2 Å². The molecule has 0 aromatic heterocycles. The minimum absolute atomic E-state index is 0.221. The maximum atomic E-state index is 13.1. The largest absolute Gasteiger partial charge is 0.243 e. The fourth-order valence-corrected chi connectivity index (χ4v) is 5.08. The molecule has 0 saturated carbocycles. The minimum atomic E-state index is -3.51. The monoisotopic (exact) mass is 363 g/mol. The molecule has 1 unspecified atom stereocenters. The molecule has 1 aromatic carbocycles. The van der Waals surface area contributed by atoms with Crippen molar-refractivity contribution in [3.8, 4) is 0 Å². The zero-order valence-corrected chi connectivity index (χ0v) is 13.9. The molecule has 0 aliphatic carbocycles. The van der Waals surface area contributed by atoms with Crippen molar-refractivity contribution < 1.29 is 12.8 Å². The first kappa shape index (κ1) is 15.9. The lowest BCUT2D eigenvalue weighted by Crippen LogP contribution is -2.40. The smallest absolute Gasteiger partial charge is 0.207 e. The number of benzene rings is 1. The summed E-state index contributed by atoms with van der Waals surface area (Å²) in [7, 11) is -3.51. The van der Waals surface area contributed by atoms with Crippen LogP contribution in [0.25, 0.3) is 0 Å². The van der Waals surface area contributed by atoms with Crippen LogP contribution in [0.5, 0.6) is 0 Å². The van der Waals surface area contributed by atoms with Gasteiger partial charge >= 0.3 is 0 Å². The minimum Gasteiger partial charge on any atom is -0.207 e. The molecule has 3 nitrogen and oxygen atoms in total. The number of piperidine rings is 1. The number of hydrogen-bond donors (Lipinski definition) is 0. The average molecular weight is 364 g/mol. The summed E-state index contributed by atoms with van der Waals surface area (Å²) in [6.07, 6.45) is 2.94. The first-order chi connectivity index (χ1) is 9.45. The normalized spacial score (nSPS) is 21.1. The Kier molecular flexibility index (Phi) is 5.20. The Balaban J connectivity index is 2.25. The lowest BCUT2D eigenvalue weighted by atomic mass is 9.97. The van der Waals surface area contributed by atoms with Crippen LogP contribution in [0.1, 0.15) is 24.8 Å². The van der Waals surface area contributed by atoms with E-state index in [0.29, 0.717) is 24.6 Å². The van der Waals surface area contributed by atoms with E-state index in [1.165, 1.54) is 18.2 Å². The van der Waals surface area contributed by atoms with Gasteiger partial charge in [0.25, 0.3) is 0 Å². The van der Waals surface area contributed by atoms with Crippen LogP contribution in [-0.2, 0) is 10.0 Å². The lowest BCUT2D eigenvalue weighted by Gasteiger charge is -2.32. The molecule has 2 rings (SSSR count). The molecule has 1 saturated heterocycles. The van der Waals surface area contributed by atoms with E-state index in [-0.39, 0.29) is 4.90 Å². The number of rotatable bonds is 4. The van der Waals surface area contributed by atoms with Gasteiger partial charge in [-0.25, -0.2) is 12.8 Å². The van der Waals surface area contributed by atoms with Crippen molar-refractivity contribution in [1.29, 1.82) is 0 Å². The van der Waals surface area contributed by atoms with Crippen LogP contribution in [0.2, 0.25) is 0 Å². The fourth-order valence-electron chi connectivity index (χ4n) is 2.68. The molecular weight excluding hydrogens is 345 g/mol. The number of halogens is 2. The third-order valence-corrected chi connectivity index (χ3v) is 6.24. The van der Waals surface area contributed by atoms with Gasteiger partial charge in [0.1, 0.15) is 5.82 Å². The van der Waals surface area contributed by atoms with Crippen LogP contribution in [0.4, 0.5) is 4.39 Å². The van der Waals surface area contributed by atoms with Gasteiger partial charge in [0.05, 0.1) is 4.90 Å². The Morgan fingerprint density at radius 1 is 1.45 bits per heavy atom. The van der Waals surface area contributed by atoms with Crippen molar-refractivity contribution in [2.45, 2.75) is 31.1 Å². The first-order valence-corrected chi connectivity index (χ1v) is 9.33. The predicted octanol–water partition coefficient (Wildman–Crippen LogP) is 3.32. The highest BCUT2D eigenvalue weighted by atomic mass is 79.9. The molecule has 1 fully saturated rings. The topological polar surface area (TPSA) is 37.4 Å². The molecule has 1 atom stereocenters. The molecule has 20 heavy (non-hydrogen) atoms. The van der Waals surface area contributed by atoms with E-state index in [9.17, 15) is 12.8 Å². The van der Waals surface area contributed by atoms with E-state index < -0.39 is 15.8 Å². The zero-order chi connectivity index (χ0) is 14.8. The number of aryl methyl sites for hydroxylation is 1. The van der Waals surface area contributed by atoms with Crippen LogP contribution < -0.4 is 0 Å². The van der Waals surface area contributed by atoms with Crippen LogP contribution in [0, 0.1) is 18.7 Å². The predicted molar refractivity (Wildman–Crippen MR) is 81.0 cm³/mol. The maximum absolute atomic E-state index is 13.1. The number of hydrogen-bond acceptors (Lipinski definition) is 2. The molecule has 6 heteroatoms. The lowest BCUT2D eigenvalue weighted by molar-refractivity contribution is 0.263. The van der Waals surface area contributed by atoms with Gasteiger partial charge in [0, 0.05) is 18.4 Å². The summed E-state index contributed by atoms with van der Waals surface area (Å²) in [4.78, 5) is 0.221. The third kappa shape index (κ3) is 3.40. The highest BCUT2D eigenvalue weighted by Crippen LogP contribution is 2.27. The van der Waals surface area contributed by atoms with E-state index in [0.717, 1.165) is 24.6 Å². The molecule has 1 aliphatic rings. The van der Waals surface area contributed by atoms with Gasteiger partial charge in [0.15, 0.2) is 0 Å². The summed E-state index contributed by atoms with van der Waals surface area (Å²) in [6.45, 7) is 2.75. The Morgan fingerprint density at radius 3 is 2.85 bits per heavy atom. The van der Waals surface area contributed by atoms with Crippen molar-refractivity contribution in [3.05, 3.63) is 29.6 Å². The molecule has 0 radical (unpaired) electrons. The van der Waals surface area contributed by atoms with Gasteiger partial charge in [-0.3, -0.25) is 0 Å². The molecule has 0 spiro atoms. The highest BCUT2D eigenvalue weighted by molar-refractivity contribution is 9.09. The summed E-state index contributed by atoms with van der Waals surface area (Å²) in [6, 6.07) is 3.85. The van der Waals surface area contributed by atoms with Gasteiger partial charge in [0.2, 0.25) is 10.0 Å². The van der Waals surface area contributed by atoms with Crippen LogP contribution >= 0.6 is 15.9 Å². The van der Waals surface area contributed by atoms with Gasteiger partial charge in [-0.05, 0) is 55.9 Å². The van der Waals surface area contributed by atoms with Crippen LogP contribution in [-0.4, -0.2) is 31.1 Å². The molecule has 0 N–H and O–H groups in total. The van der Waals surface area contributed by atoms with Gasteiger partial charge < -0.3 is 0 Å². The second-order valence-corrected chi connectivity index (χ2v) is 7.96. The number of nitrogens with zero attached hydrogens (tertiary/aromatic N) is 1. The molecule has 1 heterocycles. The van der Waals surface area contributed by atoms with Crippen LogP contribution in [0.15, 0.2) is 23.1 Å². The summed E-state index contributed by atoms with van der Waals surface area (Å²) in [5.74, 6) is -0.00378. The molecule has 1 aliphatic heterocycles. The van der Waals surface area contributed by atoms with E-state index in [1.807, 2.05) is 0 Å². The van der Waals surface area contributed by atoms with Crippen molar-refractivity contribution in [2.24, 2.45) is 5.92 Å². The standard InChI is InChI=1S/C14H19BrFNO2S/c1-11-9-13(16)4-5-14(11)20(18,19)17-8-2-3-12(10-17)6-7-15/h4-5,9,12H,2-3,6-8,10H2,1H3. The summed E-state index contributed by atoms with van der Waals surface area (Å²) in [5, 5.41) is 0.890. The second-order valence-electron chi connectivity index (χ2n) is 5.26. The maximum Gasteiger partial charge on any atom is 0.243 e. The third-order valence-electron chi connectivity index (χ3n) is 3.75. The average Bonchev–Trinajstić information content (AvgIpc) is 2.39. The molecule has 1 aromatic rings.